The molecule has 16 heavy (non-hydrogen) atoms. The number of hydrogen-bond acceptors (Lipinski definition) is 1. The van der Waals surface area contributed by atoms with Crippen LogP contribution in [0.5, 0.6) is 5.75 Å². The first kappa shape index (κ1) is 10.8. The van der Waals surface area contributed by atoms with Gasteiger partial charge in [0.05, 0.1) is 7.11 Å². The molecule has 2 nitrogen and oxygen atoms in total. The van der Waals surface area contributed by atoms with Crippen molar-refractivity contribution in [2.75, 3.05) is 7.11 Å². The van der Waals surface area contributed by atoms with E-state index in [2.05, 4.69) is 31.5 Å². The zero-order valence-electron chi connectivity index (χ0n) is 10.0. The first-order valence-corrected chi connectivity index (χ1v) is 5.37. The van der Waals surface area contributed by atoms with Gasteiger partial charge in [-0.05, 0) is 17.7 Å². The quantitative estimate of drug-likeness (QED) is 0.777. The number of ether oxygens (including phenoxy) is 1. The molecule has 0 fully saturated rings. The van der Waals surface area contributed by atoms with E-state index < -0.39 is 0 Å². The Bertz CT molecular complexity index is 523. The average molecular weight is 215 g/mol. The van der Waals surface area contributed by atoms with E-state index in [-0.39, 0.29) is 5.41 Å². The van der Waals surface area contributed by atoms with Crippen LogP contribution in [0, 0.1) is 0 Å². The SMILES string of the molecule is C=CC(C)(C)c1c[nH]c2cc(OC)ccc12. The second kappa shape index (κ2) is 3.71. The van der Waals surface area contributed by atoms with Crippen molar-refractivity contribution >= 4 is 10.9 Å². The normalized spacial score (nSPS) is 11.7. The second-order valence-corrected chi connectivity index (χ2v) is 4.54. The first-order valence-electron chi connectivity index (χ1n) is 5.37. The largest absolute Gasteiger partial charge is 0.497 e. The highest BCUT2D eigenvalue weighted by Gasteiger charge is 2.20. The van der Waals surface area contributed by atoms with Gasteiger partial charge in [0.25, 0.3) is 0 Å². The predicted molar refractivity (Wildman–Crippen MR) is 68.1 cm³/mol. The predicted octanol–water partition coefficient (Wildman–Crippen LogP) is 3.64. The summed E-state index contributed by atoms with van der Waals surface area (Å²) < 4.78 is 5.20. The van der Waals surface area contributed by atoms with Gasteiger partial charge in [-0.2, -0.15) is 0 Å². The molecule has 2 heteroatoms. The zero-order valence-corrected chi connectivity index (χ0v) is 10.0. The van der Waals surface area contributed by atoms with E-state index in [1.54, 1.807) is 7.11 Å². The Labute approximate surface area is 95.9 Å². The van der Waals surface area contributed by atoms with E-state index in [9.17, 15) is 0 Å². The monoisotopic (exact) mass is 215 g/mol. The lowest BCUT2D eigenvalue weighted by atomic mass is 9.85. The number of aromatic nitrogens is 1. The Morgan fingerprint density at radius 3 is 2.75 bits per heavy atom. The van der Waals surface area contributed by atoms with E-state index in [0.29, 0.717) is 0 Å². The number of benzene rings is 1. The number of fused-ring (bicyclic) bond motifs is 1. The van der Waals surface area contributed by atoms with E-state index in [1.165, 1.54) is 10.9 Å². The summed E-state index contributed by atoms with van der Waals surface area (Å²) in [6.07, 6.45) is 4.02. The molecule has 84 valence electrons. The van der Waals surface area contributed by atoms with Crippen LogP contribution in [-0.2, 0) is 5.41 Å². The molecule has 1 aromatic carbocycles. The van der Waals surface area contributed by atoms with Gasteiger partial charge in [-0.25, -0.2) is 0 Å². The number of rotatable bonds is 3. The maximum atomic E-state index is 5.20. The lowest BCUT2D eigenvalue weighted by Crippen LogP contribution is -2.11. The number of nitrogens with one attached hydrogen (secondary N) is 1. The fourth-order valence-electron chi connectivity index (χ4n) is 1.88. The minimum absolute atomic E-state index is 0.0210. The third-order valence-corrected chi connectivity index (χ3v) is 3.09. The van der Waals surface area contributed by atoms with Gasteiger partial charge in [0.2, 0.25) is 0 Å². The third kappa shape index (κ3) is 1.60. The molecule has 0 atom stereocenters. The number of H-pyrrole nitrogens is 1. The molecule has 0 aliphatic carbocycles. The molecule has 0 saturated heterocycles. The van der Waals surface area contributed by atoms with Crippen LogP contribution >= 0.6 is 0 Å². The smallest absolute Gasteiger partial charge is 0.120 e. The minimum atomic E-state index is -0.0210. The number of aromatic amines is 1. The van der Waals surface area contributed by atoms with Crippen LogP contribution in [0.2, 0.25) is 0 Å². The standard InChI is InChI=1S/C14H17NO/c1-5-14(2,3)12-9-15-13-8-10(16-4)6-7-11(12)13/h5-9,15H,1H2,2-4H3. The van der Waals surface area contributed by atoms with Crippen LogP contribution < -0.4 is 4.74 Å². The summed E-state index contributed by atoms with van der Waals surface area (Å²) in [6.45, 7) is 8.21. The summed E-state index contributed by atoms with van der Waals surface area (Å²) in [5.74, 6) is 0.873. The molecule has 0 amide bonds. The Kier molecular flexibility index (Phi) is 2.50. The lowest BCUT2D eigenvalue weighted by Gasteiger charge is -2.18. The maximum Gasteiger partial charge on any atom is 0.120 e. The lowest BCUT2D eigenvalue weighted by molar-refractivity contribution is 0.415. The molecule has 0 saturated carbocycles. The first-order chi connectivity index (χ1) is 7.58. The van der Waals surface area contributed by atoms with Crippen molar-refractivity contribution in [3.63, 3.8) is 0 Å². The van der Waals surface area contributed by atoms with Crippen molar-refractivity contribution in [3.8, 4) is 5.75 Å². The molecule has 0 bridgehead atoms. The van der Waals surface area contributed by atoms with Gasteiger partial charge < -0.3 is 9.72 Å². The molecule has 1 N–H and O–H groups in total. The van der Waals surface area contributed by atoms with Crippen molar-refractivity contribution in [3.05, 3.63) is 42.6 Å². The van der Waals surface area contributed by atoms with E-state index >= 15 is 0 Å². The molecule has 0 spiro atoms. The topological polar surface area (TPSA) is 25.0 Å². The van der Waals surface area contributed by atoms with Crippen molar-refractivity contribution in [2.45, 2.75) is 19.3 Å². The Balaban J connectivity index is 2.62. The minimum Gasteiger partial charge on any atom is -0.497 e. The molecule has 2 aromatic rings. The molecular formula is C14H17NO. The number of methoxy groups -OCH3 is 1. The maximum absolute atomic E-state index is 5.20. The summed E-state index contributed by atoms with van der Waals surface area (Å²) >= 11 is 0. The van der Waals surface area contributed by atoms with Crippen molar-refractivity contribution < 1.29 is 4.74 Å². The van der Waals surface area contributed by atoms with Gasteiger partial charge in [0, 0.05) is 28.6 Å². The number of hydrogen-bond donors (Lipinski definition) is 1. The fraction of sp³-hybridized carbons (Fsp3) is 0.286. The molecule has 0 radical (unpaired) electrons. The van der Waals surface area contributed by atoms with Crippen LogP contribution in [0.4, 0.5) is 0 Å². The van der Waals surface area contributed by atoms with Crippen molar-refractivity contribution in [1.82, 2.24) is 4.98 Å². The highest BCUT2D eigenvalue weighted by Crippen LogP contribution is 2.32. The fourth-order valence-corrected chi connectivity index (χ4v) is 1.88. The van der Waals surface area contributed by atoms with Gasteiger partial charge in [0.15, 0.2) is 0 Å². The molecule has 2 rings (SSSR count). The molecule has 0 aliphatic rings. The van der Waals surface area contributed by atoms with Gasteiger partial charge in [-0.3, -0.25) is 0 Å². The summed E-state index contributed by atoms with van der Waals surface area (Å²) in [5.41, 5.74) is 2.34. The molecule has 0 unspecified atom stereocenters. The summed E-state index contributed by atoms with van der Waals surface area (Å²) in [6, 6.07) is 6.09. The summed E-state index contributed by atoms with van der Waals surface area (Å²) in [5, 5.41) is 1.23. The van der Waals surface area contributed by atoms with Gasteiger partial charge >= 0.3 is 0 Å². The number of allylic oxidation sites excluding steroid dienone is 1. The molecular weight excluding hydrogens is 198 g/mol. The van der Waals surface area contributed by atoms with E-state index in [0.717, 1.165) is 11.3 Å². The Morgan fingerprint density at radius 1 is 1.38 bits per heavy atom. The highest BCUT2D eigenvalue weighted by molar-refractivity contribution is 5.85. The van der Waals surface area contributed by atoms with Crippen LogP contribution in [0.15, 0.2) is 37.1 Å². The Morgan fingerprint density at radius 2 is 2.12 bits per heavy atom. The summed E-state index contributed by atoms with van der Waals surface area (Å²) in [4.78, 5) is 3.28. The molecule has 0 aliphatic heterocycles. The van der Waals surface area contributed by atoms with Crippen LogP contribution in [0.3, 0.4) is 0 Å². The van der Waals surface area contributed by atoms with Crippen LogP contribution in [0.25, 0.3) is 10.9 Å². The van der Waals surface area contributed by atoms with Crippen molar-refractivity contribution in [1.29, 1.82) is 0 Å². The van der Waals surface area contributed by atoms with Gasteiger partial charge in [0.1, 0.15) is 5.75 Å². The zero-order chi connectivity index (χ0) is 11.8. The second-order valence-electron chi connectivity index (χ2n) is 4.54. The molecule has 1 heterocycles. The van der Waals surface area contributed by atoms with Gasteiger partial charge in [-0.1, -0.05) is 19.9 Å². The summed E-state index contributed by atoms with van der Waals surface area (Å²) in [7, 11) is 1.68. The van der Waals surface area contributed by atoms with E-state index in [1.807, 2.05) is 24.4 Å². The van der Waals surface area contributed by atoms with Gasteiger partial charge in [-0.15, -0.1) is 6.58 Å². The van der Waals surface area contributed by atoms with Crippen LogP contribution in [-0.4, -0.2) is 12.1 Å². The highest BCUT2D eigenvalue weighted by atomic mass is 16.5. The van der Waals surface area contributed by atoms with Crippen molar-refractivity contribution in [2.24, 2.45) is 0 Å². The van der Waals surface area contributed by atoms with E-state index in [4.69, 9.17) is 4.74 Å². The van der Waals surface area contributed by atoms with Crippen LogP contribution in [0.1, 0.15) is 19.4 Å². The Hall–Kier alpha value is -1.70. The average Bonchev–Trinajstić information content (AvgIpc) is 2.72. The third-order valence-electron chi connectivity index (χ3n) is 3.09. The molecule has 1 aromatic heterocycles.